The Bertz CT molecular complexity index is 612. The van der Waals surface area contributed by atoms with Crippen LogP contribution in [0.2, 0.25) is 0 Å². The largest absolute Gasteiger partial charge is 0.392 e. The van der Waals surface area contributed by atoms with E-state index in [2.05, 4.69) is 59.2 Å². The second kappa shape index (κ2) is 6.29. The molecule has 3 N–H and O–H groups in total. The molecule has 2 unspecified atom stereocenters. The fourth-order valence-electron chi connectivity index (χ4n) is 3.10. The molecule has 0 fully saturated rings. The lowest BCUT2D eigenvalue weighted by Crippen LogP contribution is -2.27. The Kier molecular flexibility index (Phi) is 4.23. The van der Waals surface area contributed by atoms with Crippen LogP contribution >= 0.6 is 0 Å². The monoisotopic (exact) mass is 282 g/mol. The van der Waals surface area contributed by atoms with E-state index in [1.807, 2.05) is 7.05 Å². The summed E-state index contributed by atoms with van der Waals surface area (Å²) in [5.74, 6) is 0. The summed E-state index contributed by atoms with van der Waals surface area (Å²) in [7, 11) is 1.87. The van der Waals surface area contributed by atoms with Crippen molar-refractivity contribution in [3.63, 3.8) is 0 Å². The highest BCUT2D eigenvalue weighted by Crippen LogP contribution is 2.34. The number of hydrogen-bond acceptors (Lipinski definition) is 3. The van der Waals surface area contributed by atoms with Crippen LogP contribution in [0.5, 0.6) is 0 Å². The van der Waals surface area contributed by atoms with E-state index in [0.29, 0.717) is 13.0 Å². The zero-order valence-corrected chi connectivity index (χ0v) is 12.3. The minimum absolute atomic E-state index is 0.146. The number of benzene rings is 2. The molecule has 3 nitrogen and oxygen atoms in total. The van der Waals surface area contributed by atoms with Crippen LogP contribution in [-0.4, -0.2) is 24.8 Å². The third-order valence-electron chi connectivity index (χ3n) is 4.11. The van der Waals surface area contributed by atoms with Crippen LogP contribution in [0, 0.1) is 0 Å². The van der Waals surface area contributed by atoms with Gasteiger partial charge >= 0.3 is 0 Å². The first-order chi connectivity index (χ1) is 10.3. The summed E-state index contributed by atoms with van der Waals surface area (Å²) in [5.41, 5.74) is 5.13. The van der Waals surface area contributed by atoms with Gasteiger partial charge in [0.1, 0.15) is 0 Å². The molecule has 0 amide bonds. The molecule has 0 bridgehead atoms. The van der Waals surface area contributed by atoms with E-state index in [9.17, 15) is 5.11 Å². The predicted octanol–water partition coefficient (Wildman–Crippen LogP) is 2.71. The molecule has 0 aliphatic carbocycles. The number of hydrogen-bond donors (Lipinski definition) is 3. The summed E-state index contributed by atoms with van der Waals surface area (Å²) in [4.78, 5) is 0. The summed E-state index contributed by atoms with van der Waals surface area (Å²) in [6.45, 7) is 0.613. The van der Waals surface area contributed by atoms with E-state index in [1.165, 1.54) is 22.4 Å². The number of aliphatic hydroxyl groups is 1. The molecule has 1 aliphatic rings. The van der Waals surface area contributed by atoms with Crippen LogP contribution in [-0.2, 0) is 6.42 Å². The fourth-order valence-corrected chi connectivity index (χ4v) is 3.10. The van der Waals surface area contributed by atoms with E-state index >= 15 is 0 Å². The number of para-hydroxylation sites is 1. The molecule has 2 atom stereocenters. The number of fused-ring (bicyclic) bond motifs is 2. The van der Waals surface area contributed by atoms with Crippen LogP contribution < -0.4 is 10.6 Å². The topological polar surface area (TPSA) is 44.3 Å². The van der Waals surface area contributed by atoms with E-state index in [1.54, 1.807) is 0 Å². The van der Waals surface area contributed by atoms with Crippen LogP contribution in [0.1, 0.15) is 29.2 Å². The van der Waals surface area contributed by atoms with Gasteiger partial charge in [-0.15, -0.1) is 0 Å². The Morgan fingerprint density at radius 2 is 1.86 bits per heavy atom. The van der Waals surface area contributed by atoms with Crippen molar-refractivity contribution < 1.29 is 5.11 Å². The van der Waals surface area contributed by atoms with Crippen molar-refractivity contribution in [1.29, 1.82) is 0 Å². The highest BCUT2D eigenvalue weighted by atomic mass is 16.3. The lowest BCUT2D eigenvalue weighted by Gasteiger charge is -2.23. The van der Waals surface area contributed by atoms with Gasteiger partial charge in [-0.1, -0.05) is 42.5 Å². The van der Waals surface area contributed by atoms with E-state index in [-0.39, 0.29) is 12.1 Å². The summed E-state index contributed by atoms with van der Waals surface area (Å²) in [6, 6.07) is 17.1. The van der Waals surface area contributed by atoms with Crippen LogP contribution in [0.25, 0.3) is 0 Å². The van der Waals surface area contributed by atoms with Crippen molar-refractivity contribution in [3.8, 4) is 0 Å². The molecule has 2 aromatic rings. The van der Waals surface area contributed by atoms with Crippen LogP contribution in [0.15, 0.2) is 48.5 Å². The Balaban J connectivity index is 1.95. The Morgan fingerprint density at radius 1 is 1.14 bits per heavy atom. The maximum absolute atomic E-state index is 10.2. The van der Waals surface area contributed by atoms with Gasteiger partial charge in [0.15, 0.2) is 0 Å². The number of nitrogens with one attached hydrogen (secondary N) is 2. The number of likely N-dealkylation sites (N-methyl/N-ethyl adjacent to an activating group) is 1. The number of anilines is 1. The summed E-state index contributed by atoms with van der Waals surface area (Å²) < 4.78 is 0. The van der Waals surface area contributed by atoms with Gasteiger partial charge in [0.2, 0.25) is 0 Å². The molecule has 0 spiro atoms. The SMILES string of the molecule is CNCC(O)CC1Nc2ccccc2Cc2ccccc21. The molecule has 0 radical (unpaired) electrons. The van der Waals surface area contributed by atoms with Gasteiger partial charge in [-0.2, -0.15) is 0 Å². The maximum Gasteiger partial charge on any atom is 0.0687 e. The zero-order valence-electron chi connectivity index (χ0n) is 12.3. The van der Waals surface area contributed by atoms with Crippen LogP contribution in [0.4, 0.5) is 5.69 Å². The molecule has 2 aromatic carbocycles. The molecule has 0 aromatic heterocycles. The first kappa shape index (κ1) is 14.1. The van der Waals surface area contributed by atoms with Gasteiger partial charge in [-0.3, -0.25) is 0 Å². The minimum Gasteiger partial charge on any atom is -0.392 e. The fraction of sp³-hybridized carbons (Fsp3) is 0.333. The Morgan fingerprint density at radius 3 is 2.67 bits per heavy atom. The number of rotatable bonds is 4. The summed E-state index contributed by atoms with van der Waals surface area (Å²) in [6.07, 6.45) is 1.29. The van der Waals surface area contributed by atoms with Gasteiger partial charge in [-0.25, -0.2) is 0 Å². The molecule has 3 heteroatoms. The Hall–Kier alpha value is -1.84. The number of aliphatic hydroxyl groups excluding tert-OH is 1. The second-order valence-electron chi connectivity index (χ2n) is 5.68. The van der Waals surface area contributed by atoms with Crippen molar-refractivity contribution in [2.24, 2.45) is 0 Å². The van der Waals surface area contributed by atoms with Gasteiger partial charge < -0.3 is 15.7 Å². The minimum atomic E-state index is -0.356. The summed E-state index contributed by atoms with van der Waals surface area (Å²) >= 11 is 0. The average Bonchev–Trinajstić information content (AvgIpc) is 2.64. The van der Waals surface area contributed by atoms with Gasteiger partial charge in [-0.05, 0) is 42.6 Å². The second-order valence-corrected chi connectivity index (χ2v) is 5.68. The van der Waals surface area contributed by atoms with E-state index < -0.39 is 0 Å². The summed E-state index contributed by atoms with van der Waals surface area (Å²) in [5, 5.41) is 16.8. The first-order valence-electron chi connectivity index (χ1n) is 7.53. The van der Waals surface area contributed by atoms with Crippen molar-refractivity contribution in [1.82, 2.24) is 5.32 Å². The third-order valence-corrected chi connectivity index (χ3v) is 4.11. The van der Waals surface area contributed by atoms with Crippen molar-refractivity contribution in [3.05, 3.63) is 65.2 Å². The smallest absolute Gasteiger partial charge is 0.0687 e. The first-order valence-corrected chi connectivity index (χ1v) is 7.53. The zero-order chi connectivity index (χ0) is 14.7. The maximum atomic E-state index is 10.2. The van der Waals surface area contributed by atoms with Crippen molar-refractivity contribution in [2.75, 3.05) is 18.9 Å². The highest BCUT2D eigenvalue weighted by molar-refractivity contribution is 5.57. The molecule has 1 aliphatic heterocycles. The van der Waals surface area contributed by atoms with Gasteiger partial charge in [0.05, 0.1) is 12.1 Å². The third kappa shape index (κ3) is 3.09. The van der Waals surface area contributed by atoms with E-state index in [4.69, 9.17) is 0 Å². The van der Waals surface area contributed by atoms with Gasteiger partial charge in [0, 0.05) is 12.2 Å². The standard InChI is InChI=1S/C18H22N2O/c1-19-12-15(21)11-18-16-8-4-2-6-13(16)10-14-7-3-5-9-17(14)20-18/h2-9,15,18-21H,10-12H2,1H3. The molecular weight excluding hydrogens is 260 g/mol. The van der Waals surface area contributed by atoms with Crippen molar-refractivity contribution in [2.45, 2.75) is 25.0 Å². The molecule has 0 saturated heterocycles. The molecule has 1 heterocycles. The van der Waals surface area contributed by atoms with Crippen LogP contribution in [0.3, 0.4) is 0 Å². The average molecular weight is 282 g/mol. The molecule has 3 rings (SSSR count). The molecule has 21 heavy (non-hydrogen) atoms. The quantitative estimate of drug-likeness (QED) is 0.808. The molecule has 0 saturated carbocycles. The van der Waals surface area contributed by atoms with Crippen molar-refractivity contribution >= 4 is 5.69 Å². The van der Waals surface area contributed by atoms with E-state index in [0.717, 1.165) is 6.42 Å². The molecule has 110 valence electrons. The lowest BCUT2D eigenvalue weighted by molar-refractivity contribution is 0.158. The Labute approximate surface area is 126 Å². The molecular formula is C18H22N2O. The normalized spacial score (nSPS) is 18.1. The highest BCUT2D eigenvalue weighted by Gasteiger charge is 2.22. The lowest BCUT2D eigenvalue weighted by atomic mass is 9.94. The van der Waals surface area contributed by atoms with Gasteiger partial charge in [0.25, 0.3) is 0 Å². The predicted molar refractivity (Wildman–Crippen MR) is 86.6 cm³/mol.